The van der Waals surface area contributed by atoms with Crippen LogP contribution in [-0.4, -0.2) is 46.3 Å². The SMILES string of the molecule is COC1=CC=C2c3c(cc(OC)c(OC)c3OC)CCC(NC(=O)NCc3ccccc3)C2CC1=O. The summed E-state index contributed by atoms with van der Waals surface area (Å²) < 4.78 is 22.4. The molecule has 0 radical (unpaired) electrons. The lowest BCUT2D eigenvalue weighted by molar-refractivity contribution is -0.119. The minimum atomic E-state index is -0.297. The average Bonchev–Trinajstić information content (AvgIpc) is 3.15. The van der Waals surface area contributed by atoms with Gasteiger partial charge in [-0.1, -0.05) is 36.4 Å². The molecule has 190 valence electrons. The Morgan fingerprint density at radius 3 is 2.39 bits per heavy atom. The van der Waals surface area contributed by atoms with Crippen molar-refractivity contribution in [3.63, 3.8) is 0 Å². The number of urea groups is 1. The van der Waals surface area contributed by atoms with Crippen LogP contribution in [0.25, 0.3) is 5.57 Å². The number of carbonyl (C=O) groups is 2. The Bertz CT molecular complexity index is 1190. The Morgan fingerprint density at radius 2 is 1.72 bits per heavy atom. The zero-order valence-corrected chi connectivity index (χ0v) is 21.1. The molecule has 2 aromatic carbocycles. The number of rotatable bonds is 7. The van der Waals surface area contributed by atoms with Crippen molar-refractivity contribution < 1.29 is 28.5 Å². The van der Waals surface area contributed by atoms with Crippen LogP contribution in [-0.2, 0) is 22.5 Å². The summed E-state index contributed by atoms with van der Waals surface area (Å²) in [5, 5.41) is 6.06. The van der Waals surface area contributed by atoms with Gasteiger partial charge in [0.15, 0.2) is 23.0 Å². The molecule has 0 bridgehead atoms. The van der Waals surface area contributed by atoms with Crippen molar-refractivity contribution in [1.82, 2.24) is 10.6 Å². The molecular formula is C28H32N2O6. The standard InChI is InChI=1S/C28H32N2O6/c1-33-23-13-11-19-20(15-22(23)31)21(30-28(32)29-16-17-8-6-5-7-9-17)12-10-18-14-24(34-2)26(35-3)27(36-4)25(18)19/h5-9,11,13-14,20-21H,10,12,15-16H2,1-4H3,(H2,29,30,32). The second-order valence-corrected chi connectivity index (χ2v) is 8.73. The monoisotopic (exact) mass is 492 g/mol. The Hall–Kier alpha value is -3.94. The van der Waals surface area contributed by atoms with Crippen LogP contribution >= 0.6 is 0 Å². The van der Waals surface area contributed by atoms with Gasteiger partial charge in [0.1, 0.15) is 0 Å². The van der Waals surface area contributed by atoms with E-state index in [-0.39, 0.29) is 36.0 Å². The summed E-state index contributed by atoms with van der Waals surface area (Å²) in [6, 6.07) is 11.1. The van der Waals surface area contributed by atoms with Crippen LogP contribution in [0.3, 0.4) is 0 Å². The van der Waals surface area contributed by atoms with E-state index in [2.05, 4.69) is 10.6 Å². The number of hydrogen-bond acceptors (Lipinski definition) is 6. The van der Waals surface area contributed by atoms with Gasteiger partial charge in [-0.25, -0.2) is 4.79 Å². The van der Waals surface area contributed by atoms with Crippen molar-refractivity contribution in [2.24, 2.45) is 5.92 Å². The van der Waals surface area contributed by atoms with Crippen molar-refractivity contribution in [2.75, 3.05) is 28.4 Å². The van der Waals surface area contributed by atoms with Gasteiger partial charge in [0.2, 0.25) is 5.75 Å². The number of methoxy groups -OCH3 is 4. The van der Waals surface area contributed by atoms with Crippen LogP contribution in [0, 0.1) is 5.92 Å². The zero-order chi connectivity index (χ0) is 25.7. The number of ketones is 1. The molecule has 8 nitrogen and oxygen atoms in total. The molecule has 36 heavy (non-hydrogen) atoms. The molecule has 0 spiro atoms. The van der Waals surface area contributed by atoms with Crippen molar-refractivity contribution in [1.29, 1.82) is 0 Å². The van der Waals surface area contributed by atoms with Gasteiger partial charge in [-0.3, -0.25) is 4.79 Å². The summed E-state index contributed by atoms with van der Waals surface area (Å²) in [7, 11) is 6.22. The lowest BCUT2D eigenvalue weighted by Crippen LogP contribution is -2.45. The molecule has 2 atom stereocenters. The first-order chi connectivity index (χ1) is 17.5. The Labute approximate surface area is 211 Å². The zero-order valence-electron chi connectivity index (χ0n) is 21.1. The van der Waals surface area contributed by atoms with E-state index in [1.807, 2.05) is 42.5 Å². The van der Waals surface area contributed by atoms with Gasteiger partial charge in [-0.15, -0.1) is 0 Å². The minimum absolute atomic E-state index is 0.117. The first-order valence-corrected chi connectivity index (χ1v) is 11.9. The number of Topliss-reactive ketones (excluding diaryl/α,β-unsaturated/α-hetero) is 1. The summed E-state index contributed by atoms with van der Waals surface area (Å²) in [5.74, 6) is 1.46. The van der Waals surface area contributed by atoms with Crippen LogP contribution in [0.2, 0.25) is 0 Å². The van der Waals surface area contributed by atoms with Gasteiger partial charge in [0, 0.05) is 30.5 Å². The summed E-state index contributed by atoms with van der Waals surface area (Å²) in [6.45, 7) is 0.406. The highest BCUT2D eigenvalue weighted by atomic mass is 16.5. The molecule has 0 fully saturated rings. The number of allylic oxidation sites excluding steroid dienone is 3. The van der Waals surface area contributed by atoms with E-state index in [4.69, 9.17) is 18.9 Å². The molecule has 2 aliphatic rings. The third kappa shape index (κ3) is 5.03. The quantitative estimate of drug-likeness (QED) is 0.606. The van der Waals surface area contributed by atoms with Gasteiger partial charge in [-0.2, -0.15) is 0 Å². The number of fused-ring (bicyclic) bond motifs is 3. The molecule has 2 amide bonds. The largest absolute Gasteiger partial charge is 0.493 e. The average molecular weight is 493 g/mol. The fraction of sp³-hybridized carbons (Fsp3) is 0.357. The van der Waals surface area contributed by atoms with Crippen LogP contribution in [0.15, 0.2) is 54.3 Å². The predicted molar refractivity (Wildman–Crippen MR) is 136 cm³/mol. The molecule has 0 aliphatic heterocycles. The third-order valence-electron chi connectivity index (χ3n) is 6.74. The summed E-state index contributed by atoms with van der Waals surface area (Å²) >= 11 is 0. The fourth-order valence-corrected chi connectivity index (χ4v) is 5.01. The third-order valence-corrected chi connectivity index (χ3v) is 6.74. The second-order valence-electron chi connectivity index (χ2n) is 8.73. The summed E-state index contributed by atoms with van der Waals surface area (Å²) in [6.07, 6.45) is 5.05. The molecule has 2 aromatic rings. The fourth-order valence-electron chi connectivity index (χ4n) is 5.01. The number of amides is 2. The van der Waals surface area contributed by atoms with Crippen molar-refractivity contribution in [2.45, 2.75) is 31.8 Å². The molecule has 0 saturated carbocycles. The molecular weight excluding hydrogens is 460 g/mol. The van der Waals surface area contributed by atoms with E-state index in [0.717, 1.165) is 22.3 Å². The van der Waals surface area contributed by atoms with Crippen LogP contribution in [0.5, 0.6) is 17.2 Å². The Morgan fingerprint density at radius 1 is 0.972 bits per heavy atom. The lowest BCUT2D eigenvalue weighted by atomic mass is 9.83. The molecule has 2 N–H and O–H groups in total. The molecule has 2 unspecified atom stereocenters. The van der Waals surface area contributed by atoms with Gasteiger partial charge >= 0.3 is 6.03 Å². The molecule has 0 aromatic heterocycles. The van der Waals surface area contributed by atoms with Crippen molar-refractivity contribution >= 4 is 17.4 Å². The molecule has 0 heterocycles. The molecule has 8 heteroatoms. The summed E-state index contributed by atoms with van der Waals surface area (Å²) in [4.78, 5) is 25.9. The van der Waals surface area contributed by atoms with Gasteiger partial charge < -0.3 is 29.6 Å². The normalized spacial score (nSPS) is 18.8. The maximum absolute atomic E-state index is 13.0. The summed E-state index contributed by atoms with van der Waals surface area (Å²) in [5.41, 5.74) is 3.74. The predicted octanol–water partition coefficient (Wildman–Crippen LogP) is 4.03. The number of benzene rings is 2. The number of aryl methyl sites for hydroxylation is 1. The van der Waals surface area contributed by atoms with E-state index >= 15 is 0 Å². The Kier molecular flexibility index (Phi) is 7.83. The first-order valence-electron chi connectivity index (χ1n) is 11.9. The highest BCUT2D eigenvalue weighted by molar-refractivity contribution is 5.97. The van der Waals surface area contributed by atoms with E-state index < -0.39 is 0 Å². The van der Waals surface area contributed by atoms with Gasteiger partial charge in [0.25, 0.3) is 0 Å². The maximum atomic E-state index is 13.0. The van der Waals surface area contributed by atoms with Crippen LogP contribution in [0.1, 0.15) is 29.5 Å². The van der Waals surface area contributed by atoms with Gasteiger partial charge in [0.05, 0.1) is 28.4 Å². The Balaban J connectivity index is 1.71. The molecule has 0 saturated heterocycles. The van der Waals surface area contributed by atoms with Crippen LogP contribution < -0.4 is 24.8 Å². The molecule has 2 aliphatic carbocycles. The van der Waals surface area contributed by atoms with E-state index in [1.165, 1.54) is 7.11 Å². The highest BCUT2D eigenvalue weighted by Gasteiger charge is 2.37. The smallest absolute Gasteiger partial charge is 0.315 e. The van der Waals surface area contributed by atoms with E-state index in [9.17, 15) is 9.59 Å². The van der Waals surface area contributed by atoms with Crippen molar-refractivity contribution in [3.8, 4) is 17.2 Å². The highest BCUT2D eigenvalue weighted by Crippen LogP contribution is 2.50. The number of hydrogen-bond donors (Lipinski definition) is 2. The van der Waals surface area contributed by atoms with E-state index in [1.54, 1.807) is 27.4 Å². The lowest BCUT2D eigenvalue weighted by Gasteiger charge is -2.28. The number of carbonyl (C=O) groups excluding carboxylic acids is 2. The van der Waals surface area contributed by atoms with Crippen molar-refractivity contribution in [3.05, 3.63) is 71.0 Å². The van der Waals surface area contributed by atoms with Crippen LogP contribution in [0.4, 0.5) is 4.79 Å². The van der Waals surface area contributed by atoms with E-state index in [0.29, 0.717) is 36.6 Å². The second kappa shape index (κ2) is 11.2. The maximum Gasteiger partial charge on any atom is 0.315 e. The number of nitrogens with one attached hydrogen (secondary N) is 2. The number of ether oxygens (including phenoxy) is 4. The molecule has 4 rings (SSSR count). The first kappa shape index (κ1) is 25.2. The topological polar surface area (TPSA) is 95.1 Å². The minimum Gasteiger partial charge on any atom is -0.493 e. The van der Waals surface area contributed by atoms with Gasteiger partial charge in [-0.05, 0) is 41.7 Å².